The fourth-order valence-corrected chi connectivity index (χ4v) is 3.12. The van der Waals surface area contributed by atoms with Crippen LogP contribution in [0.3, 0.4) is 0 Å². The van der Waals surface area contributed by atoms with Crippen LogP contribution in [0.2, 0.25) is 0 Å². The van der Waals surface area contributed by atoms with Crippen LogP contribution in [0.25, 0.3) is 22.6 Å². The summed E-state index contributed by atoms with van der Waals surface area (Å²) in [6.07, 6.45) is 1.54. The van der Waals surface area contributed by atoms with Crippen molar-refractivity contribution >= 4 is 11.2 Å². The van der Waals surface area contributed by atoms with Crippen LogP contribution >= 0.6 is 0 Å². The Kier molecular flexibility index (Phi) is 6.27. The van der Waals surface area contributed by atoms with Crippen molar-refractivity contribution in [2.24, 2.45) is 0 Å². The Morgan fingerprint density at radius 2 is 1.48 bits per heavy atom. The number of aromatic nitrogens is 4. The number of hydrogen-bond acceptors (Lipinski definition) is 4. The zero-order valence-electron chi connectivity index (χ0n) is 17.8. The van der Waals surface area contributed by atoms with E-state index >= 15 is 0 Å². The monoisotopic (exact) mass is 388 g/mol. The first-order chi connectivity index (χ1) is 14.0. The summed E-state index contributed by atoms with van der Waals surface area (Å²) in [7, 11) is 0. The Balaban J connectivity index is 0.00000117. The van der Waals surface area contributed by atoms with E-state index in [0.717, 1.165) is 22.6 Å². The van der Waals surface area contributed by atoms with E-state index in [4.69, 9.17) is 9.72 Å². The van der Waals surface area contributed by atoms with Gasteiger partial charge in [-0.2, -0.15) is 4.98 Å². The minimum Gasteiger partial charge on any atom is -0.471 e. The highest BCUT2D eigenvalue weighted by molar-refractivity contribution is 5.81. The van der Waals surface area contributed by atoms with E-state index in [2.05, 4.69) is 47.4 Å². The SMILES string of the molecule is CC.CC(C)(C)n1c(-c2ccccc2)nc2c(OCc3ccccc3)ncnc21. The predicted octanol–water partition coefficient (Wildman–Crippen LogP) is 5.85. The predicted molar refractivity (Wildman–Crippen MR) is 118 cm³/mol. The van der Waals surface area contributed by atoms with Crippen molar-refractivity contribution < 1.29 is 4.74 Å². The van der Waals surface area contributed by atoms with Gasteiger partial charge in [0.15, 0.2) is 11.2 Å². The number of imidazole rings is 1. The van der Waals surface area contributed by atoms with Gasteiger partial charge in [0.25, 0.3) is 0 Å². The maximum absolute atomic E-state index is 6.00. The van der Waals surface area contributed by atoms with Crippen molar-refractivity contribution in [3.8, 4) is 17.3 Å². The number of fused-ring (bicyclic) bond motifs is 1. The Morgan fingerprint density at radius 1 is 0.862 bits per heavy atom. The van der Waals surface area contributed by atoms with E-state index in [1.54, 1.807) is 6.33 Å². The number of benzene rings is 2. The summed E-state index contributed by atoms with van der Waals surface area (Å²) in [4.78, 5) is 13.7. The number of nitrogens with zero attached hydrogens (tertiary/aromatic N) is 4. The number of rotatable bonds is 4. The van der Waals surface area contributed by atoms with Gasteiger partial charge in [-0.25, -0.2) is 9.97 Å². The average molecular weight is 389 g/mol. The van der Waals surface area contributed by atoms with Crippen molar-refractivity contribution in [3.63, 3.8) is 0 Å². The van der Waals surface area contributed by atoms with Crippen LogP contribution in [0.5, 0.6) is 5.88 Å². The summed E-state index contributed by atoms with van der Waals surface area (Å²) < 4.78 is 8.14. The Labute approximate surface area is 172 Å². The summed E-state index contributed by atoms with van der Waals surface area (Å²) in [5.74, 6) is 1.37. The van der Waals surface area contributed by atoms with Crippen LogP contribution in [0, 0.1) is 0 Å². The summed E-state index contributed by atoms with van der Waals surface area (Å²) in [6, 6.07) is 20.2. The maximum Gasteiger partial charge on any atom is 0.245 e. The molecule has 0 unspecified atom stereocenters. The van der Waals surface area contributed by atoms with Crippen molar-refractivity contribution in [2.45, 2.75) is 46.8 Å². The molecule has 4 aromatic rings. The Hall–Kier alpha value is -3.21. The third-order valence-electron chi connectivity index (χ3n) is 4.33. The van der Waals surface area contributed by atoms with Crippen molar-refractivity contribution in [3.05, 3.63) is 72.6 Å². The lowest BCUT2D eigenvalue weighted by atomic mass is 10.1. The third kappa shape index (κ3) is 4.45. The quantitative estimate of drug-likeness (QED) is 0.440. The molecule has 4 rings (SSSR count). The van der Waals surface area contributed by atoms with Crippen LogP contribution in [0.4, 0.5) is 0 Å². The zero-order valence-corrected chi connectivity index (χ0v) is 17.8. The van der Waals surface area contributed by atoms with Crippen molar-refractivity contribution in [2.75, 3.05) is 0 Å². The maximum atomic E-state index is 6.00. The second kappa shape index (κ2) is 8.86. The van der Waals surface area contributed by atoms with Gasteiger partial charge in [-0.3, -0.25) is 0 Å². The van der Waals surface area contributed by atoms with Crippen LogP contribution in [0.1, 0.15) is 40.2 Å². The fourth-order valence-electron chi connectivity index (χ4n) is 3.12. The molecular weight excluding hydrogens is 360 g/mol. The van der Waals surface area contributed by atoms with Crippen LogP contribution in [-0.2, 0) is 12.1 Å². The molecule has 2 aromatic carbocycles. The molecule has 0 atom stereocenters. The first kappa shape index (κ1) is 20.5. The molecule has 2 heterocycles. The van der Waals surface area contributed by atoms with E-state index in [1.807, 2.05) is 62.4 Å². The molecule has 5 nitrogen and oxygen atoms in total. The minimum absolute atomic E-state index is 0.190. The smallest absolute Gasteiger partial charge is 0.245 e. The van der Waals surface area contributed by atoms with Gasteiger partial charge in [-0.1, -0.05) is 74.5 Å². The van der Waals surface area contributed by atoms with Gasteiger partial charge in [0.2, 0.25) is 5.88 Å². The lowest BCUT2D eigenvalue weighted by Gasteiger charge is -2.24. The largest absolute Gasteiger partial charge is 0.471 e. The molecule has 0 N–H and O–H groups in total. The average Bonchev–Trinajstić information content (AvgIpc) is 3.16. The molecule has 5 heteroatoms. The first-order valence-electron chi connectivity index (χ1n) is 10.00. The summed E-state index contributed by atoms with van der Waals surface area (Å²) in [6.45, 7) is 10.9. The molecule has 0 fully saturated rings. The molecule has 150 valence electrons. The molecular formula is C24H28N4O. The normalized spacial score (nSPS) is 11.1. The Morgan fingerprint density at radius 3 is 2.10 bits per heavy atom. The molecule has 0 radical (unpaired) electrons. The van der Waals surface area contributed by atoms with Crippen LogP contribution < -0.4 is 4.74 Å². The molecule has 0 aliphatic carbocycles. The Bertz CT molecular complexity index is 1050. The summed E-state index contributed by atoms with van der Waals surface area (Å²) in [5.41, 5.74) is 3.40. The molecule has 0 bridgehead atoms. The topological polar surface area (TPSA) is 52.8 Å². The molecule has 0 saturated heterocycles. The standard InChI is InChI=1S/C22H22N4O.C2H6/c1-22(2,3)26-19(17-12-8-5-9-13-17)25-18-20(26)23-15-24-21(18)27-14-16-10-6-4-7-11-16;1-2/h4-13,15H,14H2,1-3H3;1-2H3. The first-order valence-corrected chi connectivity index (χ1v) is 10.00. The number of hydrogen-bond donors (Lipinski definition) is 0. The van der Waals surface area contributed by atoms with Gasteiger partial charge in [0.05, 0.1) is 0 Å². The fraction of sp³-hybridized carbons (Fsp3) is 0.292. The lowest BCUT2D eigenvalue weighted by Crippen LogP contribution is -2.23. The van der Waals surface area contributed by atoms with E-state index < -0.39 is 0 Å². The molecule has 0 saturated carbocycles. The molecule has 0 aliphatic heterocycles. The van der Waals surface area contributed by atoms with Crippen molar-refractivity contribution in [1.29, 1.82) is 0 Å². The highest BCUT2D eigenvalue weighted by atomic mass is 16.5. The highest BCUT2D eigenvalue weighted by Crippen LogP contribution is 2.33. The second-order valence-electron chi connectivity index (χ2n) is 7.43. The summed E-state index contributed by atoms with van der Waals surface area (Å²) in [5, 5.41) is 0. The van der Waals surface area contributed by atoms with Crippen LogP contribution in [-0.4, -0.2) is 19.5 Å². The number of ether oxygens (including phenoxy) is 1. The highest BCUT2D eigenvalue weighted by Gasteiger charge is 2.25. The van der Waals surface area contributed by atoms with Crippen molar-refractivity contribution in [1.82, 2.24) is 19.5 Å². The van der Waals surface area contributed by atoms with E-state index in [-0.39, 0.29) is 5.54 Å². The van der Waals surface area contributed by atoms with E-state index in [0.29, 0.717) is 18.0 Å². The van der Waals surface area contributed by atoms with Crippen LogP contribution in [0.15, 0.2) is 67.0 Å². The third-order valence-corrected chi connectivity index (χ3v) is 4.33. The van der Waals surface area contributed by atoms with Gasteiger partial charge >= 0.3 is 0 Å². The van der Waals surface area contributed by atoms with Gasteiger partial charge in [0, 0.05) is 11.1 Å². The lowest BCUT2D eigenvalue weighted by molar-refractivity contribution is 0.297. The van der Waals surface area contributed by atoms with Gasteiger partial charge in [-0.15, -0.1) is 0 Å². The molecule has 2 aromatic heterocycles. The second-order valence-corrected chi connectivity index (χ2v) is 7.43. The van der Waals surface area contributed by atoms with Gasteiger partial charge in [-0.05, 0) is 26.3 Å². The minimum atomic E-state index is -0.190. The van der Waals surface area contributed by atoms with E-state index in [1.165, 1.54) is 0 Å². The molecule has 0 aliphatic rings. The van der Waals surface area contributed by atoms with Gasteiger partial charge in [0.1, 0.15) is 18.8 Å². The molecule has 0 amide bonds. The van der Waals surface area contributed by atoms with Gasteiger partial charge < -0.3 is 9.30 Å². The summed E-state index contributed by atoms with van der Waals surface area (Å²) >= 11 is 0. The molecule has 0 spiro atoms. The van der Waals surface area contributed by atoms with E-state index in [9.17, 15) is 0 Å². The molecule has 29 heavy (non-hydrogen) atoms. The zero-order chi connectivity index (χ0) is 20.9.